The van der Waals surface area contributed by atoms with Crippen LogP contribution in [0.5, 0.6) is 0 Å². The molecule has 6 heteroatoms. The van der Waals surface area contributed by atoms with Crippen LogP contribution in [0.2, 0.25) is 0 Å². The molecule has 1 aromatic carbocycles. The van der Waals surface area contributed by atoms with Gasteiger partial charge in [0.15, 0.2) is 0 Å². The minimum absolute atomic E-state index is 0.235. The maximum atomic E-state index is 12.4. The second-order valence-electron chi connectivity index (χ2n) is 4.56. The third-order valence-corrected chi connectivity index (χ3v) is 5.41. The van der Waals surface area contributed by atoms with E-state index >= 15 is 0 Å². The fraction of sp³-hybridized carbons (Fsp3) is 0.214. The van der Waals surface area contributed by atoms with E-state index in [0.717, 1.165) is 11.1 Å². The largest absolute Gasteiger partial charge is 0.264 e. The molecule has 1 aromatic heterocycles. The lowest BCUT2D eigenvalue weighted by Gasteiger charge is -2.15. The highest BCUT2D eigenvalue weighted by Crippen LogP contribution is 2.24. The van der Waals surface area contributed by atoms with Crippen LogP contribution in [0.15, 0.2) is 52.1 Å². The van der Waals surface area contributed by atoms with Crippen LogP contribution in [-0.4, -0.2) is 13.4 Å². The van der Waals surface area contributed by atoms with Crippen molar-refractivity contribution in [3.8, 4) is 0 Å². The van der Waals surface area contributed by atoms with Gasteiger partial charge in [-0.25, -0.2) is 13.1 Å². The molecule has 1 atom stereocenters. The summed E-state index contributed by atoms with van der Waals surface area (Å²) in [6, 6.07) is 8.42. The zero-order valence-corrected chi connectivity index (χ0v) is 13.6. The third kappa shape index (κ3) is 3.45. The van der Waals surface area contributed by atoms with E-state index in [9.17, 15) is 8.42 Å². The predicted molar refractivity (Wildman–Crippen MR) is 81.9 cm³/mol. The van der Waals surface area contributed by atoms with Crippen LogP contribution in [-0.2, 0) is 10.0 Å². The summed E-state index contributed by atoms with van der Waals surface area (Å²) in [5, 5.41) is 0. The molecule has 0 radical (unpaired) electrons. The first-order valence-electron chi connectivity index (χ1n) is 6.08. The van der Waals surface area contributed by atoms with E-state index in [1.165, 1.54) is 0 Å². The average molecular weight is 355 g/mol. The number of pyridine rings is 1. The SMILES string of the molecule is Cc1ccc(S(=O)(=O)NC(C)c2cccnc2)c(Br)c1. The topological polar surface area (TPSA) is 59.1 Å². The predicted octanol–water partition coefficient (Wildman–Crippen LogP) is 3.19. The summed E-state index contributed by atoms with van der Waals surface area (Å²) in [7, 11) is -3.58. The molecule has 0 spiro atoms. The Bertz CT molecular complexity index is 702. The van der Waals surface area contributed by atoms with E-state index in [-0.39, 0.29) is 10.9 Å². The van der Waals surface area contributed by atoms with Gasteiger partial charge in [-0.05, 0) is 59.1 Å². The van der Waals surface area contributed by atoms with Crippen molar-refractivity contribution in [2.45, 2.75) is 24.8 Å². The first-order valence-corrected chi connectivity index (χ1v) is 8.36. The number of rotatable bonds is 4. The Morgan fingerprint density at radius 3 is 2.65 bits per heavy atom. The molecule has 1 N–H and O–H groups in total. The Kier molecular flexibility index (Phi) is 4.57. The van der Waals surface area contributed by atoms with Crippen molar-refractivity contribution in [2.75, 3.05) is 0 Å². The highest BCUT2D eigenvalue weighted by Gasteiger charge is 2.20. The normalized spacial score (nSPS) is 13.2. The van der Waals surface area contributed by atoms with Gasteiger partial charge in [-0.15, -0.1) is 0 Å². The molecular formula is C14H15BrN2O2S. The number of nitrogens with zero attached hydrogens (tertiary/aromatic N) is 1. The Morgan fingerprint density at radius 2 is 2.05 bits per heavy atom. The molecule has 2 rings (SSSR count). The monoisotopic (exact) mass is 354 g/mol. The van der Waals surface area contributed by atoms with Crippen molar-refractivity contribution in [2.24, 2.45) is 0 Å². The lowest BCUT2D eigenvalue weighted by atomic mass is 10.2. The molecule has 4 nitrogen and oxygen atoms in total. The maximum absolute atomic E-state index is 12.4. The Morgan fingerprint density at radius 1 is 1.30 bits per heavy atom. The quantitative estimate of drug-likeness (QED) is 0.916. The van der Waals surface area contributed by atoms with Crippen molar-refractivity contribution in [3.63, 3.8) is 0 Å². The summed E-state index contributed by atoms with van der Waals surface area (Å²) in [5.41, 5.74) is 1.82. The standard InChI is InChI=1S/C14H15BrN2O2S/c1-10-5-6-14(13(15)8-10)20(18,19)17-11(2)12-4-3-7-16-9-12/h3-9,11,17H,1-2H3. The highest BCUT2D eigenvalue weighted by atomic mass is 79.9. The van der Waals surface area contributed by atoms with Gasteiger partial charge in [0.2, 0.25) is 10.0 Å². The highest BCUT2D eigenvalue weighted by molar-refractivity contribution is 9.10. The second kappa shape index (κ2) is 6.03. The van der Waals surface area contributed by atoms with Gasteiger partial charge < -0.3 is 0 Å². The lowest BCUT2D eigenvalue weighted by molar-refractivity contribution is 0.566. The molecule has 20 heavy (non-hydrogen) atoms. The molecule has 0 saturated heterocycles. The molecule has 1 heterocycles. The smallest absolute Gasteiger partial charge is 0.242 e. The zero-order chi connectivity index (χ0) is 14.8. The number of hydrogen-bond donors (Lipinski definition) is 1. The second-order valence-corrected chi connectivity index (χ2v) is 7.10. The third-order valence-electron chi connectivity index (χ3n) is 2.89. The minimum Gasteiger partial charge on any atom is -0.264 e. The zero-order valence-electron chi connectivity index (χ0n) is 11.2. The van der Waals surface area contributed by atoms with Gasteiger partial charge in [-0.2, -0.15) is 0 Å². The van der Waals surface area contributed by atoms with Crippen LogP contribution in [0.3, 0.4) is 0 Å². The van der Waals surface area contributed by atoms with E-state index in [1.54, 1.807) is 43.6 Å². The number of halogens is 1. The van der Waals surface area contributed by atoms with Gasteiger partial charge in [-0.3, -0.25) is 4.98 Å². The Balaban J connectivity index is 2.28. The number of sulfonamides is 1. The van der Waals surface area contributed by atoms with Gasteiger partial charge in [0.25, 0.3) is 0 Å². The summed E-state index contributed by atoms with van der Waals surface area (Å²) in [5.74, 6) is 0. The first-order chi connectivity index (χ1) is 9.40. The first kappa shape index (κ1) is 15.2. The van der Waals surface area contributed by atoms with E-state index in [0.29, 0.717) is 4.47 Å². The van der Waals surface area contributed by atoms with Gasteiger partial charge in [0.05, 0.1) is 4.90 Å². The number of benzene rings is 1. The molecule has 2 aromatic rings. The molecule has 1 unspecified atom stereocenters. The molecular weight excluding hydrogens is 340 g/mol. The number of nitrogens with one attached hydrogen (secondary N) is 1. The summed E-state index contributed by atoms with van der Waals surface area (Å²) < 4.78 is 28.0. The van der Waals surface area contributed by atoms with Crippen molar-refractivity contribution in [1.82, 2.24) is 9.71 Å². The average Bonchev–Trinajstić information content (AvgIpc) is 2.38. The molecule has 0 aliphatic carbocycles. The molecule has 0 fully saturated rings. The fourth-order valence-corrected chi connectivity index (χ4v) is 4.24. The van der Waals surface area contributed by atoms with Gasteiger partial charge in [0, 0.05) is 22.9 Å². The number of aryl methyl sites for hydroxylation is 1. The van der Waals surface area contributed by atoms with Crippen LogP contribution >= 0.6 is 15.9 Å². The van der Waals surface area contributed by atoms with Crippen molar-refractivity contribution in [1.29, 1.82) is 0 Å². The minimum atomic E-state index is -3.58. The van der Waals surface area contributed by atoms with Crippen LogP contribution in [0, 0.1) is 6.92 Å². The molecule has 0 bridgehead atoms. The van der Waals surface area contributed by atoms with Crippen molar-refractivity contribution in [3.05, 3.63) is 58.3 Å². The van der Waals surface area contributed by atoms with Gasteiger partial charge in [0.1, 0.15) is 0 Å². The molecule has 0 aliphatic heterocycles. The molecule has 0 saturated carbocycles. The summed E-state index contributed by atoms with van der Waals surface area (Å²) in [4.78, 5) is 4.23. The van der Waals surface area contributed by atoms with E-state index < -0.39 is 10.0 Å². The summed E-state index contributed by atoms with van der Waals surface area (Å²) in [6.45, 7) is 3.70. The Hall–Kier alpha value is -1.24. The van der Waals surface area contributed by atoms with E-state index in [1.807, 2.05) is 13.0 Å². The van der Waals surface area contributed by atoms with E-state index in [2.05, 4.69) is 25.6 Å². The number of aromatic nitrogens is 1. The van der Waals surface area contributed by atoms with Gasteiger partial charge >= 0.3 is 0 Å². The molecule has 0 aliphatic rings. The Labute approximate surface area is 127 Å². The van der Waals surface area contributed by atoms with Crippen molar-refractivity contribution < 1.29 is 8.42 Å². The van der Waals surface area contributed by atoms with Crippen LogP contribution in [0.25, 0.3) is 0 Å². The van der Waals surface area contributed by atoms with Gasteiger partial charge in [-0.1, -0.05) is 12.1 Å². The lowest BCUT2D eigenvalue weighted by Crippen LogP contribution is -2.27. The van der Waals surface area contributed by atoms with Crippen molar-refractivity contribution >= 4 is 26.0 Å². The molecule has 0 amide bonds. The fourth-order valence-electron chi connectivity index (χ4n) is 1.82. The summed E-state index contributed by atoms with van der Waals surface area (Å²) >= 11 is 3.30. The molecule has 106 valence electrons. The van der Waals surface area contributed by atoms with Crippen LogP contribution < -0.4 is 4.72 Å². The summed E-state index contributed by atoms with van der Waals surface area (Å²) in [6.07, 6.45) is 3.30. The van der Waals surface area contributed by atoms with E-state index in [4.69, 9.17) is 0 Å². The maximum Gasteiger partial charge on any atom is 0.242 e. The number of hydrogen-bond acceptors (Lipinski definition) is 3. The van der Waals surface area contributed by atoms with Crippen LogP contribution in [0.4, 0.5) is 0 Å². The van der Waals surface area contributed by atoms with Crippen LogP contribution in [0.1, 0.15) is 24.1 Å².